The van der Waals surface area contributed by atoms with Crippen LogP contribution in [0.25, 0.3) is 10.6 Å². The molecule has 1 aromatic carbocycles. The van der Waals surface area contributed by atoms with Crippen molar-refractivity contribution in [1.82, 2.24) is 9.97 Å². The minimum atomic E-state index is 0.0268. The van der Waals surface area contributed by atoms with E-state index < -0.39 is 0 Å². The molecule has 116 valence electrons. The van der Waals surface area contributed by atoms with Crippen LogP contribution in [0.5, 0.6) is 0 Å². The van der Waals surface area contributed by atoms with Gasteiger partial charge in [-0.2, -0.15) is 0 Å². The highest BCUT2D eigenvalue weighted by molar-refractivity contribution is 7.17. The van der Waals surface area contributed by atoms with Crippen molar-refractivity contribution in [2.75, 3.05) is 0 Å². The topological polar surface area (TPSA) is 42.9 Å². The Morgan fingerprint density at radius 3 is 2.70 bits per heavy atom. The second kappa shape index (κ2) is 7.02. The van der Waals surface area contributed by atoms with Crippen LogP contribution < -0.4 is 0 Å². The predicted octanol–water partition coefficient (Wildman–Crippen LogP) is 5.24. The van der Waals surface area contributed by atoms with Gasteiger partial charge in [0.05, 0.1) is 0 Å². The molecule has 3 aromatic rings. The molecule has 0 amide bonds. The second-order valence-electron chi connectivity index (χ2n) is 5.32. The SMILES string of the molecule is CC(CC(=O)c1sc(-c2cccnc2)nc1Cl)c1ccccc1. The number of pyridine rings is 1. The van der Waals surface area contributed by atoms with Crippen molar-refractivity contribution in [3.8, 4) is 10.6 Å². The molecule has 0 fully saturated rings. The summed E-state index contributed by atoms with van der Waals surface area (Å²) in [7, 11) is 0. The Kier molecular flexibility index (Phi) is 4.84. The van der Waals surface area contributed by atoms with Crippen molar-refractivity contribution in [2.45, 2.75) is 19.3 Å². The molecule has 3 rings (SSSR count). The molecule has 0 aliphatic rings. The zero-order valence-corrected chi connectivity index (χ0v) is 14.1. The molecule has 1 unspecified atom stereocenters. The van der Waals surface area contributed by atoms with E-state index in [0.717, 1.165) is 16.1 Å². The summed E-state index contributed by atoms with van der Waals surface area (Å²) in [6.07, 6.45) is 3.83. The molecule has 0 aliphatic heterocycles. The maximum absolute atomic E-state index is 12.6. The average molecular weight is 343 g/mol. The van der Waals surface area contributed by atoms with Crippen LogP contribution in [0.2, 0.25) is 5.15 Å². The van der Waals surface area contributed by atoms with Gasteiger partial charge in [-0.25, -0.2) is 4.98 Å². The number of nitrogens with zero attached hydrogens (tertiary/aromatic N) is 2. The summed E-state index contributed by atoms with van der Waals surface area (Å²) in [6.45, 7) is 2.05. The first kappa shape index (κ1) is 15.8. The summed E-state index contributed by atoms with van der Waals surface area (Å²) < 4.78 is 0. The number of benzene rings is 1. The number of ketones is 1. The number of hydrogen-bond donors (Lipinski definition) is 0. The van der Waals surface area contributed by atoms with Crippen LogP contribution in [0.4, 0.5) is 0 Å². The van der Waals surface area contributed by atoms with Crippen molar-refractivity contribution < 1.29 is 4.79 Å². The molecule has 23 heavy (non-hydrogen) atoms. The molecule has 5 heteroatoms. The van der Waals surface area contributed by atoms with E-state index in [2.05, 4.69) is 9.97 Å². The van der Waals surface area contributed by atoms with Gasteiger partial charge in [-0.3, -0.25) is 9.78 Å². The molecule has 0 N–H and O–H groups in total. The lowest BCUT2D eigenvalue weighted by Crippen LogP contribution is -2.04. The van der Waals surface area contributed by atoms with Gasteiger partial charge in [0.2, 0.25) is 0 Å². The summed E-state index contributed by atoms with van der Waals surface area (Å²) in [4.78, 5) is 21.5. The molecule has 3 nitrogen and oxygen atoms in total. The first-order valence-corrected chi connectivity index (χ1v) is 8.49. The van der Waals surface area contributed by atoms with Gasteiger partial charge < -0.3 is 0 Å². The first-order valence-electron chi connectivity index (χ1n) is 7.30. The lowest BCUT2D eigenvalue weighted by Gasteiger charge is -2.09. The monoisotopic (exact) mass is 342 g/mol. The van der Waals surface area contributed by atoms with Gasteiger partial charge in [0, 0.05) is 24.4 Å². The number of halogens is 1. The van der Waals surface area contributed by atoms with E-state index in [9.17, 15) is 4.79 Å². The Bertz CT molecular complexity index is 802. The summed E-state index contributed by atoms with van der Waals surface area (Å²) in [5.74, 6) is 0.169. The van der Waals surface area contributed by atoms with Crippen LogP contribution in [0, 0.1) is 0 Å². The van der Waals surface area contributed by atoms with Crippen molar-refractivity contribution in [1.29, 1.82) is 0 Å². The number of Topliss-reactive ketones (excluding diaryl/α,β-unsaturated/α-hetero) is 1. The van der Waals surface area contributed by atoms with Gasteiger partial charge in [-0.05, 0) is 23.6 Å². The largest absolute Gasteiger partial charge is 0.293 e. The van der Waals surface area contributed by atoms with E-state index in [0.29, 0.717) is 11.3 Å². The molecule has 2 aromatic heterocycles. The van der Waals surface area contributed by atoms with Crippen molar-refractivity contribution in [3.63, 3.8) is 0 Å². The molecule has 2 heterocycles. The quantitative estimate of drug-likeness (QED) is 0.596. The number of carbonyl (C=O) groups excluding carboxylic acids is 1. The van der Waals surface area contributed by atoms with E-state index in [1.807, 2.05) is 49.4 Å². The van der Waals surface area contributed by atoms with Crippen molar-refractivity contribution in [2.24, 2.45) is 0 Å². The fourth-order valence-corrected chi connectivity index (χ4v) is 3.61. The Hall–Kier alpha value is -2.04. The van der Waals surface area contributed by atoms with E-state index in [-0.39, 0.29) is 16.9 Å². The van der Waals surface area contributed by atoms with Gasteiger partial charge in [-0.1, -0.05) is 48.9 Å². The van der Waals surface area contributed by atoms with Crippen LogP contribution >= 0.6 is 22.9 Å². The van der Waals surface area contributed by atoms with Gasteiger partial charge in [0.25, 0.3) is 0 Å². The third-order valence-corrected chi connectivity index (χ3v) is 5.14. The van der Waals surface area contributed by atoms with Gasteiger partial charge in [-0.15, -0.1) is 11.3 Å². The second-order valence-corrected chi connectivity index (χ2v) is 6.68. The standard InChI is InChI=1S/C18H15ClN2OS/c1-12(13-6-3-2-4-7-13)10-15(22)16-17(19)21-18(23-16)14-8-5-9-20-11-14/h2-9,11-12H,10H2,1H3. The summed E-state index contributed by atoms with van der Waals surface area (Å²) >= 11 is 7.50. The third-order valence-electron chi connectivity index (χ3n) is 3.61. The Morgan fingerprint density at radius 1 is 1.22 bits per heavy atom. The average Bonchev–Trinajstić information content (AvgIpc) is 2.98. The van der Waals surface area contributed by atoms with E-state index in [1.165, 1.54) is 11.3 Å². The van der Waals surface area contributed by atoms with Crippen molar-refractivity contribution >= 4 is 28.7 Å². The maximum atomic E-state index is 12.6. The fourth-order valence-electron chi connectivity index (χ4n) is 2.36. The summed E-state index contributed by atoms with van der Waals surface area (Å²) in [5.41, 5.74) is 2.02. The van der Waals surface area contributed by atoms with Crippen LogP contribution in [-0.2, 0) is 0 Å². The number of thiazole rings is 1. The van der Waals surface area contributed by atoms with Crippen LogP contribution in [0.3, 0.4) is 0 Å². The number of rotatable bonds is 5. The van der Waals surface area contributed by atoms with Gasteiger partial charge in [0.15, 0.2) is 10.9 Å². The summed E-state index contributed by atoms with van der Waals surface area (Å²) in [6, 6.07) is 13.7. The molecule has 0 radical (unpaired) electrons. The Morgan fingerprint density at radius 2 is 2.00 bits per heavy atom. The maximum Gasteiger partial charge on any atom is 0.176 e. The number of aromatic nitrogens is 2. The lowest BCUT2D eigenvalue weighted by molar-refractivity contribution is 0.0979. The summed E-state index contributed by atoms with van der Waals surface area (Å²) in [5, 5.41) is 0.998. The van der Waals surface area contributed by atoms with E-state index >= 15 is 0 Å². The predicted molar refractivity (Wildman–Crippen MR) is 94.2 cm³/mol. The Labute approximate surface area is 144 Å². The molecule has 0 saturated carbocycles. The normalized spacial score (nSPS) is 12.1. The molecular weight excluding hydrogens is 328 g/mol. The lowest BCUT2D eigenvalue weighted by atomic mass is 9.95. The van der Waals surface area contributed by atoms with Crippen LogP contribution in [0.1, 0.15) is 34.5 Å². The van der Waals surface area contributed by atoms with E-state index in [4.69, 9.17) is 11.6 Å². The van der Waals surface area contributed by atoms with Gasteiger partial charge >= 0.3 is 0 Å². The minimum Gasteiger partial charge on any atom is -0.293 e. The zero-order valence-electron chi connectivity index (χ0n) is 12.6. The highest BCUT2D eigenvalue weighted by Crippen LogP contribution is 2.33. The van der Waals surface area contributed by atoms with Crippen LogP contribution in [-0.4, -0.2) is 15.8 Å². The first-order chi connectivity index (χ1) is 11.1. The molecule has 0 aliphatic carbocycles. The Balaban J connectivity index is 1.79. The molecular formula is C18H15ClN2OS. The molecule has 1 atom stereocenters. The zero-order chi connectivity index (χ0) is 16.2. The van der Waals surface area contributed by atoms with Crippen LogP contribution in [0.15, 0.2) is 54.9 Å². The highest BCUT2D eigenvalue weighted by Gasteiger charge is 2.20. The fraction of sp³-hybridized carbons (Fsp3) is 0.167. The van der Waals surface area contributed by atoms with E-state index in [1.54, 1.807) is 12.4 Å². The van der Waals surface area contributed by atoms with Gasteiger partial charge in [0.1, 0.15) is 9.88 Å². The molecule has 0 spiro atoms. The van der Waals surface area contributed by atoms with Crippen molar-refractivity contribution in [3.05, 3.63) is 70.5 Å². The number of carbonyl (C=O) groups is 1. The molecule has 0 saturated heterocycles. The highest BCUT2D eigenvalue weighted by atomic mass is 35.5. The smallest absolute Gasteiger partial charge is 0.176 e. The minimum absolute atomic E-state index is 0.0268. The third kappa shape index (κ3) is 3.66. The molecule has 0 bridgehead atoms. The number of hydrogen-bond acceptors (Lipinski definition) is 4.